The topological polar surface area (TPSA) is 16.4 Å². The highest BCUT2D eigenvalue weighted by Gasteiger charge is 2.24. The minimum absolute atomic E-state index is 0.868. The standard InChI is InChI=1S/C54H33NOS/c1-3-13-40-35(11-1)23-24-38-33-37(28-31-41(38)40)34-25-29-39(30-26-34)55(48-19-10-20-49-53(48)46-32-27-36-12-2-4-14-42(36)54(46)56-49)47-18-7-5-15-43(47)44-17-9-22-51-52(44)45-16-6-8-21-50(45)57-51/h1-33H. The Morgan fingerprint density at radius 2 is 0.982 bits per heavy atom. The number of benzene rings is 10. The fourth-order valence-electron chi connectivity index (χ4n) is 9.02. The average molecular weight is 744 g/mol. The highest BCUT2D eigenvalue weighted by molar-refractivity contribution is 7.25. The van der Waals surface area contributed by atoms with Crippen LogP contribution in [0.25, 0.3) is 96.7 Å². The number of rotatable bonds is 5. The van der Waals surface area contributed by atoms with Crippen molar-refractivity contribution in [1.29, 1.82) is 0 Å². The molecule has 2 nitrogen and oxygen atoms in total. The maximum absolute atomic E-state index is 6.75. The first-order valence-electron chi connectivity index (χ1n) is 19.4. The molecule has 0 aliphatic heterocycles. The third-order valence-corrected chi connectivity index (χ3v) is 12.8. The number of furan rings is 1. The lowest BCUT2D eigenvalue weighted by molar-refractivity contribution is 0.672. The minimum atomic E-state index is 0.868. The largest absolute Gasteiger partial charge is 0.455 e. The molecule has 0 aliphatic rings. The summed E-state index contributed by atoms with van der Waals surface area (Å²) in [7, 11) is 0. The number of anilines is 3. The molecule has 0 N–H and O–H groups in total. The summed E-state index contributed by atoms with van der Waals surface area (Å²) in [5.41, 5.74) is 9.80. The second kappa shape index (κ2) is 12.7. The molecule has 0 saturated heterocycles. The van der Waals surface area contributed by atoms with Gasteiger partial charge in [-0.25, -0.2) is 0 Å². The van der Waals surface area contributed by atoms with Crippen LogP contribution in [0, 0.1) is 0 Å². The van der Waals surface area contributed by atoms with Crippen molar-refractivity contribution in [3.63, 3.8) is 0 Å². The van der Waals surface area contributed by atoms with Crippen molar-refractivity contribution in [2.24, 2.45) is 0 Å². The quantitative estimate of drug-likeness (QED) is 0.163. The molecule has 2 heterocycles. The lowest BCUT2D eigenvalue weighted by Crippen LogP contribution is -2.11. The van der Waals surface area contributed by atoms with Gasteiger partial charge in [-0.05, 0) is 98.2 Å². The maximum atomic E-state index is 6.75. The summed E-state index contributed by atoms with van der Waals surface area (Å²) in [4.78, 5) is 2.44. The molecule has 2 aromatic heterocycles. The van der Waals surface area contributed by atoms with Crippen LogP contribution in [0.1, 0.15) is 0 Å². The Hall–Kier alpha value is -7.20. The molecule has 12 rings (SSSR count). The summed E-state index contributed by atoms with van der Waals surface area (Å²) in [5, 5.41) is 12.1. The van der Waals surface area contributed by atoms with Crippen molar-refractivity contribution in [2.75, 3.05) is 4.90 Å². The molecule has 0 saturated carbocycles. The predicted octanol–water partition coefficient (Wildman–Crippen LogP) is 16.2. The van der Waals surface area contributed by atoms with Gasteiger partial charge in [-0.1, -0.05) is 146 Å². The molecule has 0 amide bonds. The first-order chi connectivity index (χ1) is 28.3. The van der Waals surface area contributed by atoms with Crippen molar-refractivity contribution in [1.82, 2.24) is 0 Å². The number of hydrogen-bond donors (Lipinski definition) is 0. The van der Waals surface area contributed by atoms with Gasteiger partial charge in [-0.15, -0.1) is 11.3 Å². The van der Waals surface area contributed by atoms with Crippen LogP contribution in [0.2, 0.25) is 0 Å². The van der Waals surface area contributed by atoms with Gasteiger partial charge in [-0.2, -0.15) is 0 Å². The Labute approximate surface area is 333 Å². The summed E-state index contributed by atoms with van der Waals surface area (Å²) in [6.07, 6.45) is 0. The van der Waals surface area contributed by atoms with E-state index in [0.29, 0.717) is 0 Å². The fourth-order valence-corrected chi connectivity index (χ4v) is 10.2. The minimum Gasteiger partial charge on any atom is -0.455 e. The predicted molar refractivity (Wildman–Crippen MR) is 245 cm³/mol. The van der Waals surface area contributed by atoms with E-state index in [1.807, 2.05) is 11.3 Å². The second-order valence-electron chi connectivity index (χ2n) is 14.8. The molecular formula is C54H33NOS. The third-order valence-electron chi connectivity index (χ3n) is 11.6. The summed E-state index contributed by atoms with van der Waals surface area (Å²) < 4.78 is 9.34. The number of para-hydroxylation sites is 1. The van der Waals surface area contributed by atoms with Crippen LogP contribution in [0.3, 0.4) is 0 Å². The smallest absolute Gasteiger partial charge is 0.143 e. The van der Waals surface area contributed by atoms with Crippen LogP contribution in [0.4, 0.5) is 17.1 Å². The van der Waals surface area contributed by atoms with E-state index >= 15 is 0 Å². The number of thiophene rings is 1. The molecule has 0 fully saturated rings. The van der Waals surface area contributed by atoms with Gasteiger partial charge >= 0.3 is 0 Å². The van der Waals surface area contributed by atoms with E-state index in [4.69, 9.17) is 4.42 Å². The van der Waals surface area contributed by atoms with Crippen molar-refractivity contribution in [3.05, 3.63) is 200 Å². The van der Waals surface area contributed by atoms with E-state index in [1.165, 1.54) is 69.4 Å². The van der Waals surface area contributed by atoms with Gasteiger partial charge in [0.15, 0.2) is 0 Å². The number of hydrogen-bond acceptors (Lipinski definition) is 3. The number of fused-ring (bicyclic) bond motifs is 11. The average Bonchev–Trinajstić information content (AvgIpc) is 3.86. The molecule has 12 aromatic rings. The van der Waals surface area contributed by atoms with Gasteiger partial charge in [0.2, 0.25) is 0 Å². The zero-order valence-corrected chi connectivity index (χ0v) is 31.6. The summed E-state index contributed by atoms with van der Waals surface area (Å²) in [6.45, 7) is 0. The molecule has 0 aliphatic carbocycles. The second-order valence-corrected chi connectivity index (χ2v) is 15.9. The molecule has 10 aromatic carbocycles. The molecular weight excluding hydrogens is 711 g/mol. The molecule has 266 valence electrons. The number of nitrogens with zero attached hydrogens (tertiary/aromatic N) is 1. The van der Waals surface area contributed by atoms with E-state index < -0.39 is 0 Å². The molecule has 0 atom stereocenters. The monoisotopic (exact) mass is 743 g/mol. The van der Waals surface area contributed by atoms with Crippen LogP contribution in [-0.2, 0) is 0 Å². The van der Waals surface area contributed by atoms with Crippen molar-refractivity contribution in [3.8, 4) is 22.3 Å². The third kappa shape index (κ3) is 5.03. The Bertz CT molecular complexity index is 3540. The SMILES string of the molecule is c1ccc(N(c2ccc(-c3ccc4c(ccc5ccccc54)c3)cc2)c2cccc3oc4c5ccccc5ccc4c23)c(-c2cccc3sc4ccccc4c23)c1. The zero-order chi connectivity index (χ0) is 37.5. The van der Waals surface area contributed by atoms with Crippen LogP contribution < -0.4 is 4.90 Å². The van der Waals surface area contributed by atoms with E-state index in [-0.39, 0.29) is 0 Å². The van der Waals surface area contributed by atoms with Gasteiger partial charge in [0, 0.05) is 42.2 Å². The summed E-state index contributed by atoms with van der Waals surface area (Å²) >= 11 is 1.86. The lowest BCUT2D eigenvalue weighted by Gasteiger charge is -2.29. The van der Waals surface area contributed by atoms with Crippen molar-refractivity contribution < 1.29 is 4.42 Å². The lowest BCUT2D eigenvalue weighted by atomic mass is 9.96. The Balaban J connectivity index is 1.08. The van der Waals surface area contributed by atoms with Crippen LogP contribution in [0.15, 0.2) is 205 Å². The molecule has 57 heavy (non-hydrogen) atoms. The van der Waals surface area contributed by atoms with Crippen molar-refractivity contribution >= 4 is 103 Å². The van der Waals surface area contributed by atoms with Gasteiger partial charge in [-0.3, -0.25) is 0 Å². The molecule has 0 bridgehead atoms. The van der Waals surface area contributed by atoms with Gasteiger partial charge in [0.05, 0.1) is 16.8 Å². The fraction of sp³-hybridized carbons (Fsp3) is 0. The first-order valence-corrected chi connectivity index (χ1v) is 20.2. The van der Waals surface area contributed by atoms with Gasteiger partial charge < -0.3 is 9.32 Å². The van der Waals surface area contributed by atoms with Gasteiger partial charge in [0.25, 0.3) is 0 Å². The Morgan fingerprint density at radius 3 is 1.88 bits per heavy atom. The Morgan fingerprint density at radius 1 is 0.368 bits per heavy atom. The van der Waals surface area contributed by atoms with E-state index in [2.05, 4.69) is 205 Å². The van der Waals surface area contributed by atoms with Gasteiger partial charge in [0.1, 0.15) is 11.2 Å². The molecule has 0 unspecified atom stereocenters. The van der Waals surface area contributed by atoms with Crippen LogP contribution in [-0.4, -0.2) is 0 Å². The summed E-state index contributed by atoms with van der Waals surface area (Å²) in [6, 6.07) is 72.8. The maximum Gasteiger partial charge on any atom is 0.143 e. The highest BCUT2D eigenvalue weighted by atomic mass is 32.1. The normalized spacial score (nSPS) is 11.9. The summed E-state index contributed by atoms with van der Waals surface area (Å²) in [5.74, 6) is 0. The Kier molecular flexibility index (Phi) is 7.13. The van der Waals surface area contributed by atoms with E-state index in [0.717, 1.165) is 44.4 Å². The van der Waals surface area contributed by atoms with Crippen LogP contribution in [0.5, 0.6) is 0 Å². The molecule has 3 heteroatoms. The van der Waals surface area contributed by atoms with E-state index in [1.54, 1.807) is 0 Å². The zero-order valence-electron chi connectivity index (χ0n) is 30.8. The molecule has 0 spiro atoms. The van der Waals surface area contributed by atoms with Crippen molar-refractivity contribution in [2.45, 2.75) is 0 Å². The first kappa shape index (κ1) is 32.1. The molecule has 0 radical (unpaired) electrons. The highest BCUT2D eigenvalue weighted by Crippen LogP contribution is 2.49. The van der Waals surface area contributed by atoms with Crippen LogP contribution >= 0.6 is 11.3 Å². The van der Waals surface area contributed by atoms with E-state index in [9.17, 15) is 0 Å².